The lowest BCUT2D eigenvalue weighted by Gasteiger charge is -2.26. The zero-order valence-electron chi connectivity index (χ0n) is 16.7. The molecule has 3 rings (SSSR count). The quantitative estimate of drug-likeness (QED) is 0.748. The van der Waals surface area contributed by atoms with Gasteiger partial charge in [0, 0.05) is 45.0 Å². The van der Waals surface area contributed by atoms with Crippen LogP contribution in [0.4, 0.5) is 5.69 Å². The second-order valence-electron chi connectivity index (χ2n) is 7.45. The number of nitrogens with zero attached hydrogens (tertiary/aromatic N) is 3. The second kappa shape index (κ2) is 8.57. The predicted octanol–water partition coefficient (Wildman–Crippen LogP) is 3.11. The van der Waals surface area contributed by atoms with Crippen LogP contribution in [-0.4, -0.2) is 49.3 Å². The van der Waals surface area contributed by atoms with Gasteiger partial charge >= 0.3 is 0 Å². The fourth-order valence-corrected chi connectivity index (χ4v) is 3.43. The van der Waals surface area contributed by atoms with Crippen molar-refractivity contribution in [2.75, 3.05) is 32.1 Å². The number of carbonyl (C=O) groups is 1. The number of amides is 1. The highest BCUT2D eigenvalue weighted by Crippen LogP contribution is 2.20. The molecule has 6 heteroatoms. The van der Waals surface area contributed by atoms with Crippen LogP contribution < -0.4 is 4.90 Å². The van der Waals surface area contributed by atoms with Gasteiger partial charge in [0.1, 0.15) is 5.76 Å². The number of carbonyl (C=O) groups excluding carboxylic acids is 1. The molecule has 1 aromatic carbocycles. The maximum Gasteiger partial charge on any atom is 0.227 e. The van der Waals surface area contributed by atoms with Gasteiger partial charge in [-0.1, -0.05) is 17.3 Å². The summed E-state index contributed by atoms with van der Waals surface area (Å²) in [6, 6.07) is 8.33. The lowest BCUT2D eigenvalue weighted by Crippen LogP contribution is -2.38. The van der Waals surface area contributed by atoms with E-state index >= 15 is 0 Å². The van der Waals surface area contributed by atoms with Crippen LogP contribution in [0.2, 0.25) is 0 Å². The van der Waals surface area contributed by atoms with Crippen LogP contribution in [0.25, 0.3) is 0 Å². The predicted molar refractivity (Wildman–Crippen MR) is 105 cm³/mol. The number of hydrogen-bond acceptors (Lipinski definition) is 5. The Kier molecular flexibility index (Phi) is 6.16. The van der Waals surface area contributed by atoms with Crippen molar-refractivity contribution in [2.45, 2.75) is 45.8 Å². The second-order valence-corrected chi connectivity index (χ2v) is 7.45. The number of benzene rings is 1. The number of rotatable bonds is 7. The van der Waals surface area contributed by atoms with Gasteiger partial charge < -0.3 is 19.1 Å². The van der Waals surface area contributed by atoms with Crippen LogP contribution in [-0.2, 0) is 22.5 Å². The van der Waals surface area contributed by atoms with E-state index in [-0.39, 0.29) is 12.0 Å². The van der Waals surface area contributed by atoms with Crippen molar-refractivity contribution in [3.63, 3.8) is 0 Å². The third-order valence-electron chi connectivity index (χ3n) is 5.14. The lowest BCUT2D eigenvalue weighted by atomic mass is 10.1. The van der Waals surface area contributed by atoms with E-state index in [9.17, 15) is 4.79 Å². The molecule has 1 amide bonds. The molecule has 1 aliphatic heterocycles. The van der Waals surface area contributed by atoms with Gasteiger partial charge in [-0.25, -0.2) is 0 Å². The molecule has 2 heterocycles. The van der Waals surface area contributed by atoms with Crippen molar-refractivity contribution < 1.29 is 14.1 Å². The lowest BCUT2D eigenvalue weighted by molar-refractivity contribution is -0.132. The summed E-state index contributed by atoms with van der Waals surface area (Å²) in [6.07, 6.45) is 2.51. The van der Waals surface area contributed by atoms with Crippen molar-refractivity contribution in [1.82, 2.24) is 10.1 Å². The monoisotopic (exact) mass is 371 g/mol. The summed E-state index contributed by atoms with van der Waals surface area (Å²) in [5, 5.41) is 3.97. The first kappa shape index (κ1) is 19.4. The maximum atomic E-state index is 13.1. The minimum Gasteiger partial charge on any atom is -0.378 e. The standard InChI is InChI=1S/C21H29N3O3/c1-15-20(16(2)27-22-15)12-21(25)24(14-19-6-5-11-26-19)13-17-7-9-18(10-8-17)23(3)4/h7-10,19H,5-6,11-14H2,1-4H3/t19-/m1/s1. The van der Waals surface area contributed by atoms with Crippen LogP contribution in [0, 0.1) is 13.8 Å². The molecule has 0 saturated carbocycles. The molecular weight excluding hydrogens is 342 g/mol. The minimum atomic E-state index is 0.0802. The topological polar surface area (TPSA) is 58.8 Å². The summed E-state index contributed by atoms with van der Waals surface area (Å²) >= 11 is 0. The Balaban J connectivity index is 1.74. The van der Waals surface area contributed by atoms with Crippen LogP contribution in [0.5, 0.6) is 0 Å². The Morgan fingerprint density at radius 2 is 1.96 bits per heavy atom. The van der Waals surface area contributed by atoms with E-state index in [4.69, 9.17) is 9.26 Å². The van der Waals surface area contributed by atoms with E-state index in [1.54, 1.807) is 0 Å². The average Bonchev–Trinajstić information content (AvgIpc) is 3.26. The van der Waals surface area contributed by atoms with Gasteiger partial charge in [-0.05, 0) is 44.4 Å². The van der Waals surface area contributed by atoms with Crippen molar-refractivity contribution in [3.8, 4) is 0 Å². The van der Waals surface area contributed by atoms with Gasteiger partial charge in [-0.3, -0.25) is 4.79 Å². The SMILES string of the molecule is Cc1noc(C)c1CC(=O)N(Cc1ccc(N(C)C)cc1)C[C@H]1CCCO1. The fourth-order valence-electron chi connectivity index (χ4n) is 3.43. The fraction of sp³-hybridized carbons (Fsp3) is 0.524. The van der Waals surface area contributed by atoms with Crippen molar-refractivity contribution in [2.24, 2.45) is 0 Å². The molecule has 1 aromatic heterocycles. The van der Waals surface area contributed by atoms with Gasteiger partial charge in [0.2, 0.25) is 5.91 Å². The molecule has 1 atom stereocenters. The molecule has 0 radical (unpaired) electrons. The highest BCUT2D eigenvalue weighted by molar-refractivity contribution is 5.79. The molecule has 1 saturated heterocycles. The first-order valence-corrected chi connectivity index (χ1v) is 9.51. The largest absolute Gasteiger partial charge is 0.378 e. The first-order valence-electron chi connectivity index (χ1n) is 9.51. The Morgan fingerprint density at radius 3 is 2.52 bits per heavy atom. The molecule has 1 aliphatic rings. The molecule has 0 aliphatic carbocycles. The van der Waals surface area contributed by atoms with Crippen molar-refractivity contribution in [1.29, 1.82) is 0 Å². The van der Waals surface area contributed by atoms with Crippen LogP contribution in [0.1, 0.15) is 35.4 Å². The first-order chi connectivity index (χ1) is 12.9. The Labute approximate surface area is 161 Å². The van der Waals surface area contributed by atoms with Crippen LogP contribution >= 0.6 is 0 Å². The van der Waals surface area contributed by atoms with E-state index in [1.165, 1.54) is 0 Å². The maximum absolute atomic E-state index is 13.1. The van der Waals surface area contributed by atoms with Gasteiger partial charge in [0.05, 0.1) is 18.2 Å². The van der Waals surface area contributed by atoms with E-state index in [2.05, 4.69) is 34.3 Å². The van der Waals surface area contributed by atoms with E-state index in [0.717, 1.165) is 42.0 Å². The van der Waals surface area contributed by atoms with E-state index in [1.807, 2.05) is 32.8 Å². The van der Waals surface area contributed by atoms with E-state index < -0.39 is 0 Å². The third kappa shape index (κ3) is 4.89. The average molecular weight is 371 g/mol. The van der Waals surface area contributed by atoms with Crippen molar-refractivity contribution >= 4 is 11.6 Å². The van der Waals surface area contributed by atoms with Crippen LogP contribution in [0.3, 0.4) is 0 Å². The highest BCUT2D eigenvalue weighted by atomic mass is 16.5. The van der Waals surface area contributed by atoms with Gasteiger partial charge in [-0.15, -0.1) is 0 Å². The Morgan fingerprint density at radius 1 is 1.22 bits per heavy atom. The molecule has 2 aromatic rings. The number of aromatic nitrogens is 1. The Bertz CT molecular complexity index is 742. The van der Waals surface area contributed by atoms with E-state index in [0.29, 0.717) is 25.3 Å². The van der Waals surface area contributed by atoms with Crippen molar-refractivity contribution in [3.05, 3.63) is 46.8 Å². The van der Waals surface area contributed by atoms with Gasteiger partial charge in [0.15, 0.2) is 0 Å². The molecule has 146 valence electrons. The molecule has 6 nitrogen and oxygen atoms in total. The molecule has 0 N–H and O–H groups in total. The number of anilines is 1. The normalized spacial score (nSPS) is 16.5. The summed E-state index contributed by atoms with van der Waals surface area (Å²) in [5.74, 6) is 0.796. The number of hydrogen-bond donors (Lipinski definition) is 0. The third-order valence-corrected chi connectivity index (χ3v) is 5.14. The summed E-state index contributed by atoms with van der Waals surface area (Å²) in [6.45, 7) is 5.72. The molecule has 27 heavy (non-hydrogen) atoms. The molecule has 1 fully saturated rings. The summed E-state index contributed by atoms with van der Waals surface area (Å²) in [7, 11) is 4.04. The molecular formula is C21H29N3O3. The zero-order chi connectivity index (χ0) is 19.4. The molecule has 0 spiro atoms. The highest BCUT2D eigenvalue weighted by Gasteiger charge is 2.24. The summed E-state index contributed by atoms with van der Waals surface area (Å²) < 4.78 is 11.0. The van der Waals surface area contributed by atoms with Crippen LogP contribution in [0.15, 0.2) is 28.8 Å². The smallest absolute Gasteiger partial charge is 0.227 e. The number of aryl methyl sites for hydroxylation is 2. The minimum absolute atomic E-state index is 0.0802. The molecule has 0 unspecified atom stereocenters. The molecule has 0 bridgehead atoms. The summed E-state index contributed by atoms with van der Waals surface area (Å²) in [4.78, 5) is 17.1. The number of ether oxygens (including phenoxy) is 1. The Hall–Kier alpha value is -2.34. The summed E-state index contributed by atoms with van der Waals surface area (Å²) in [5.41, 5.74) is 3.94. The zero-order valence-corrected chi connectivity index (χ0v) is 16.7. The van der Waals surface area contributed by atoms with Gasteiger partial charge in [-0.2, -0.15) is 0 Å². The van der Waals surface area contributed by atoms with Gasteiger partial charge in [0.25, 0.3) is 0 Å².